The van der Waals surface area contributed by atoms with E-state index >= 15 is 0 Å². The van der Waals surface area contributed by atoms with Crippen molar-refractivity contribution >= 4 is 34.6 Å². The molecule has 1 amide bonds. The van der Waals surface area contributed by atoms with Crippen molar-refractivity contribution in [2.45, 2.75) is 13.8 Å². The van der Waals surface area contributed by atoms with Crippen molar-refractivity contribution in [3.05, 3.63) is 34.7 Å². The van der Waals surface area contributed by atoms with Gasteiger partial charge in [-0.15, -0.1) is 0 Å². The summed E-state index contributed by atoms with van der Waals surface area (Å²) in [4.78, 5) is 21.5. The number of aliphatic imine (C=N–C) groups is 1. The summed E-state index contributed by atoms with van der Waals surface area (Å²) in [7, 11) is 0. The molecule has 1 saturated heterocycles. The SMILES string of the molecule is CCN(CC)c1ccc(/C=C2\SC(N3CCOCC3)=NC2=O)cc1. The van der Waals surface area contributed by atoms with E-state index in [1.807, 2.05) is 6.08 Å². The summed E-state index contributed by atoms with van der Waals surface area (Å²) in [5, 5.41) is 0.800. The highest BCUT2D eigenvalue weighted by Gasteiger charge is 2.27. The lowest BCUT2D eigenvalue weighted by Crippen LogP contribution is -2.38. The normalized spacial score (nSPS) is 19.8. The van der Waals surface area contributed by atoms with Crippen LogP contribution in [0.1, 0.15) is 19.4 Å². The molecular formula is C18H23N3O2S. The fraction of sp³-hybridized carbons (Fsp3) is 0.444. The fourth-order valence-corrected chi connectivity index (χ4v) is 3.77. The molecule has 0 saturated carbocycles. The van der Waals surface area contributed by atoms with E-state index in [-0.39, 0.29) is 5.91 Å². The van der Waals surface area contributed by atoms with E-state index in [4.69, 9.17) is 4.74 Å². The number of nitrogens with zero attached hydrogens (tertiary/aromatic N) is 3. The number of anilines is 1. The first-order chi connectivity index (χ1) is 11.7. The monoisotopic (exact) mass is 345 g/mol. The molecule has 1 aromatic carbocycles. The van der Waals surface area contributed by atoms with Crippen LogP contribution < -0.4 is 4.90 Å². The van der Waals surface area contributed by atoms with Crippen molar-refractivity contribution in [2.24, 2.45) is 4.99 Å². The number of carbonyl (C=O) groups excluding carboxylic acids is 1. The van der Waals surface area contributed by atoms with Crippen molar-refractivity contribution in [1.82, 2.24) is 4.90 Å². The third-order valence-electron chi connectivity index (χ3n) is 4.21. The Hall–Kier alpha value is -1.79. The number of carbonyl (C=O) groups is 1. The first kappa shape index (κ1) is 17.0. The zero-order valence-electron chi connectivity index (χ0n) is 14.2. The molecule has 2 aliphatic rings. The van der Waals surface area contributed by atoms with Gasteiger partial charge >= 0.3 is 0 Å². The number of amidine groups is 1. The second kappa shape index (κ2) is 7.85. The van der Waals surface area contributed by atoms with Crippen LogP contribution in [0, 0.1) is 0 Å². The summed E-state index contributed by atoms with van der Waals surface area (Å²) in [5.41, 5.74) is 2.23. The molecule has 0 bridgehead atoms. The van der Waals surface area contributed by atoms with Gasteiger partial charge in [-0.1, -0.05) is 12.1 Å². The van der Waals surface area contributed by atoms with Gasteiger partial charge in [0.2, 0.25) is 0 Å². The summed E-state index contributed by atoms with van der Waals surface area (Å²) in [6.07, 6.45) is 1.93. The van der Waals surface area contributed by atoms with Gasteiger partial charge in [-0.3, -0.25) is 4.79 Å². The Bertz CT molecular complexity index is 645. The second-order valence-corrected chi connectivity index (χ2v) is 6.68. The van der Waals surface area contributed by atoms with Gasteiger partial charge in [0.25, 0.3) is 5.91 Å². The van der Waals surface area contributed by atoms with Crippen LogP contribution in [0.15, 0.2) is 34.2 Å². The average Bonchev–Trinajstić information content (AvgIpc) is 2.99. The van der Waals surface area contributed by atoms with Crippen LogP contribution in [-0.2, 0) is 9.53 Å². The molecule has 3 rings (SSSR count). The van der Waals surface area contributed by atoms with Crippen LogP contribution >= 0.6 is 11.8 Å². The highest BCUT2D eigenvalue weighted by atomic mass is 32.2. The Balaban J connectivity index is 1.69. The summed E-state index contributed by atoms with van der Waals surface area (Å²) >= 11 is 1.46. The van der Waals surface area contributed by atoms with Crippen LogP contribution in [0.25, 0.3) is 6.08 Å². The van der Waals surface area contributed by atoms with E-state index in [2.05, 4.69) is 52.9 Å². The molecule has 0 atom stereocenters. The van der Waals surface area contributed by atoms with E-state index in [9.17, 15) is 4.79 Å². The molecular weight excluding hydrogens is 322 g/mol. The lowest BCUT2D eigenvalue weighted by Gasteiger charge is -2.27. The Morgan fingerprint density at radius 2 is 1.88 bits per heavy atom. The van der Waals surface area contributed by atoms with E-state index in [0.717, 1.165) is 36.9 Å². The van der Waals surface area contributed by atoms with Gasteiger partial charge in [0.05, 0.1) is 18.1 Å². The first-order valence-corrected chi connectivity index (χ1v) is 9.23. The third kappa shape index (κ3) is 3.82. The van der Waals surface area contributed by atoms with Crippen LogP contribution in [0.2, 0.25) is 0 Å². The molecule has 1 aromatic rings. The fourth-order valence-electron chi connectivity index (χ4n) is 2.81. The number of benzene rings is 1. The van der Waals surface area contributed by atoms with Gasteiger partial charge in [0, 0.05) is 31.9 Å². The van der Waals surface area contributed by atoms with Crippen molar-refractivity contribution in [2.75, 3.05) is 44.3 Å². The minimum atomic E-state index is -0.144. The molecule has 0 unspecified atom stereocenters. The van der Waals surface area contributed by atoms with E-state index in [0.29, 0.717) is 18.1 Å². The van der Waals surface area contributed by atoms with E-state index in [1.165, 1.54) is 17.4 Å². The van der Waals surface area contributed by atoms with Crippen LogP contribution in [0.4, 0.5) is 5.69 Å². The Morgan fingerprint density at radius 3 is 2.50 bits per heavy atom. The smallest absolute Gasteiger partial charge is 0.286 e. The molecule has 0 spiro atoms. The summed E-state index contributed by atoms with van der Waals surface area (Å²) in [6.45, 7) is 9.26. The van der Waals surface area contributed by atoms with Crippen molar-refractivity contribution in [1.29, 1.82) is 0 Å². The van der Waals surface area contributed by atoms with Gasteiger partial charge in [-0.05, 0) is 49.4 Å². The Kier molecular flexibility index (Phi) is 5.58. The third-order valence-corrected chi connectivity index (χ3v) is 5.25. The number of rotatable bonds is 4. The number of morpholine rings is 1. The number of ether oxygens (including phenoxy) is 1. The summed E-state index contributed by atoms with van der Waals surface area (Å²) in [5.74, 6) is -0.144. The summed E-state index contributed by atoms with van der Waals surface area (Å²) < 4.78 is 5.35. The molecule has 2 heterocycles. The molecule has 2 aliphatic heterocycles. The number of amides is 1. The molecule has 6 heteroatoms. The lowest BCUT2D eigenvalue weighted by molar-refractivity contribution is -0.113. The first-order valence-electron chi connectivity index (χ1n) is 8.41. The average molecular weight is 345 g/mol. The molecule has 0 aliphatic carbocycles. The lowest BCUT2D eigenvalue weighted by atomic mass is 10.2. The van der Waals surface area contributed by atoms with Crippen molar-refractivity contribution in [3.63, 3.8) is 0 Å². The van der Waals surface area contributed by atoms with Crippen molar-refractivity contribution < 1.29 is 9.53 Å². The highest BCUT2D eigenvalue weighted by Crippen LogP contribution is 2.30. The highest BCUT2D eigenvalue weighted by molar-refractivity contribution is 8.18. The predicted molar refractivity (Wildman–Crippen MR) is 100 cm³/mol. The Labute approximate surface area is 147 Å². The quantitative estimate of drug-likeness (QED) is 0.785. The van der Waals surface area contributed by atoms with Crippen LogP contribution in [0.5, 0.6) is 0 Å². The number of hydrogen-bond donors (Lipinski definition) is 0. The largest absolute Gasteiger partial charge is 0.378 e. The van der Waals surface area contributed by atoms with Gasteiger partial charge in [0.1, 0.15) is 0 Å². The van der Waals surface area contributed by atoms with Crippen LogP contribution in [0.3, 0.4) is 0 Å². The maximum atomic E-state index is 12.2. The van der Waals surface area contributed by atoms with E-state index < -0.39 is 0 Å². The molecule has 0 aromatic heterocycles. The molecule has 24 heavy (non-hydrogen) atoms. The Morgan fingerprint density at radius 1 is 1.21 bits per heavy atom. The second-order valence-electron chi connectivity index (χ2n) is 5.67. The maximum Gasteiger partial charge on any atom is 0.286 e. The molecule has 0 radical (unpaired) electrons. The van der Waals surface area contributed by atoms with E-state index in [1.54, 1.807) is 0 Å². The van der Waals surface area contributed by atoms with Gasteiger partial charge in [-0.25, -0.2) is 0 Å². The number of thioether (sulfide) groups is 1. The van der Waals surface area contributed by atoms with Crippen LogP contribution in [-0.4, -0.2) is 55.4 Å². The zero-order chi connectivity index (χ0) is 16.9. The molecule has 1 fully saturated rings. The topological polar surface area (TPSA) is 45.1 Å². The van der Waals surface area contributed by atoms with Crippen molar-refractivity contribution in [3.8, 4) is 0 Å². The minimum absolute atomic E-state index is 0.144. The molecule has 5 nitrogen and oxygen atoms in total. The standard InChI is InChI=1S/C18H23N3O2S/c1-3-20(4-2)15-7-5-14(6-8-15)13-16-17(22)19-18(24-16)21-9-11-23-12-10-21/h5-8,13H,3-4,9-12H2,1-2H3/b16-13-. The number of hydrogen-bond acceptors (Lipinski definition) is 5. The minimum Gasteiger partial charge on any atom is -0.378 e. The maximum absolute atomic E-state index is 12.2. The van der Waals surface area contributed by atoms with Gasteiger partial charge in [0.15, 0.2) is 5.17 Å². The van der Waals surface area contributed by atoms with Gasteiger partial charge < -0.3 is 14.5 Å². The molecule has 0 N–H and O–H groups in total. The van der Waals surface area contributed by atoms with Gasteiger partial charge in [-0.2, -0.15) is 4.99 Å². The summed E-state index contributed by atoms with van der Waals surface area (Å²) in [6, 6.07) is 8.32. The molecule has 128 valence electrons. The zero-order valence-corrected chi connectivity index (χ0v) is 15.0. The predicted octanol–water partition coefficient (Wildman–Crippen LogP) is 2.84.